The predicted molar refractivity (Wildman–Crippen MR) is 63.9 cm³/mol. The Hall–Kier alpha value is -1.75. The molecule has 0 spiro atoms. The van der Waals surface area contributed by atoms with E-state index in [0.29, 0.717) is 0 Å². The van der Waals surface area contributed by atoms with E-state index in [1.807, 2.05) is 16.1 Å². The third kappa shape index (κ3) is 1.32. The molecule has 3 aromatic rings. The lowest BCUT2D eigenvalue weighted by atomic mass is 10.3. The molecule has 0 amide bonds. The summed E-state index contributed by atoms with van der Waals surface area (Å²) in [6, 6.07) is 2.05. The average molecular weight is 230 g/mol. The molecule has 0 N–H and O–H groups in total. The molecule has 3 rings (SSSR count). The summed E-state index contributed by atoms with van der Waals surface area (Å²) < 4.78 is 2.02. The number of rotatable bonds is 2. The number of hydrogen-bond donors (Lipinski definition) is 0. The zero-order valence-corrected chi connectivity index (χ0v) is 9.61. The highest BCUT2D eigenvalue weighted by atomic mass is 32.1. The molecule has 0 atom stereocenters. The molecule has 16 heavy (non-hydrogen) atoms. The van der Waals surface area contributed by atoms with Crippen LogP contribution < -0.4 is 0 Å². The van der Waals surface area contributed by atoms with Gasteiger partial charge in [-0.2, -0.15) is 0 Å². The fourth-order valence-corrected chi connectivity index (χ4v) is 2.49. The second kappa shape index (κ2) is 3.68. The van der Waals surface area contributed by atoms with Crippen molar-refractivity contribution in [3.63, 3.8) is 0 Å². The van der Waals surface area contributed by atoms with Crippen molar-refractivity contribution in [1.29, 1.82) is 0 Å². The maximum absolute atomic E-state index is 4.35. The van der Waals surface area contributed by atoms with Crippen molar-refractivity contribution < 1.29 is 0 Å². The summed E-state index contributed by atoms with van der Waals surface area (Å²) in [5.41, 5.74) is 0. The molecule has 0 aliphatic carbocycles. The van der Waals surface area contributed by atoms with Gasteiger partial charge in [-0.3, -0.25) is 4.57 Å². The number of thiophene rings is 1. The first kappa shape index (κ1) is 9.47. The van der Waals surface area contributed by atoms with Crippen molar-refractivity contribution in [2.24, 2.45) is 0 Å². The molecule has 3 heterocycles. The Morgan fingerprint density at radius 3 is 3.12 bits per heavy atom. The molecule has 5 heteroatoms. The summed E-state index contributed by atoms with van der Waals surface area (Å²) in [6.45, 7) is 2.09. The smallest absolute Gasteiger partial charge is 0.150 e. The van der Waals surface area contributed by atoms with Crippen LogP contribution in [0.15, 0.2) is 30.2 Å². The molecular formula is C11H10N4S. The van der Waals surface area contributed by atoms with E-state index in [-0.39, 0.29) is 0 Å². The van der Waals surface area contributed by atoms with E-state index in [1.54, 1.807) is 23.9 Å². The summed E-state index contributed by atoms with van der Waals surface area (Å²) >= 11 is 1.63. The van der Waals surface area contributed by atoms with E-state index >= 15 is 0 Å². The van der Waals surface area contributed by atoms with Crippen LogP contribution in [-0.4, -0.2) is 19.5 Å². The van der Waals surface area contributed by atoms with Crippen molar-refractivity contribution in [3.8, 4) is 5.82 Å². The Morgan fingerprint density at radius 2 is 2.25 bits per heavy atom. The Labute approximate surface area is 96.6 Å². The lowest BCUT2D eigenvalue weighted by molar-refractivity contribution is 0.871. The Bertz CT molecular complexity index is 625. The highest BCUT2D eigenvalue weighted by Crippen LogP contribution is 2.23. The van der Waals surface area contributed by atoms with Gasteiger partial charge in [-0.25, -0.2) is 15.0 Å². The minimum Gasteiger partial charge on any atom is -0.287 e. The third-order valence-corrected chi connectivity index (χ3v) is 3.32. The lowest BCUT2D eigenvalue weighted by Crippen LogP contribution is -2.02. The van der Waals surface area contributed by atoms with Gasteiger partial charge < -0.3 is 0 Å². The summed E-state index contributed by atoms with van der Waals surface area (Å²) in [6.07, 6.45) is 6.24. The zero-order chi connectivity index (χ0) is 11.0. The molecule has 0 bridgehead atoms. The first-order valence-electron chi connectivity index (χ1n) is 5.11. The number of nitrogens with zero attached hydrogens (tertiary/aromatic N) is 4. The van der Waals surface area contributed by atoms with Gasteiger partial charge in [0.2, 0.25) is 0 Å². The monoisotopic (exact) mass is 230 g/mol. The van der Waals surface area contributed by atoms with Crippen LogP contribution in [0.1, 0.15) is 12.7 Å². The maximum Gasteiger partial charge on any atom is 0.150 e. The number of aryl methyl sites for hydroxylation is 1. The fourth-order valence-electron chi connectivity index (χ4n) is 1.76. The second-order valence-electron chi connectivity index (χ2n) is 3.40. The van der Waals surface area contributed by atoms with Crippen molar-refractivity contribution in [2.75, 3.05) is 0 Å². The van der Waals surface area contributed by atoms with Crippen LogP contribution in [0.5, 0.6) is 0 Å². The van der Waals surface area contributed by atoms with E-state index in [0.717, 1.165) is 28.3 Å². The molecular weight excluding hydrogens is 220 g/mol. The maximum atomic E-state index is 4.35. The molecule has 0 aromatic carbocycles. The number of hydrogen-bond acceptors (Lipinski definition) is 4. The minimum atomic E-state index is 0.892. The van der Waals surface area contributed by atoms with E-state index < -0.39 is 0 Å². The van der Waals surface area contributed by atoms with Crippen LogP contribution in [0.2, 0.25) is 0 Å². The van der Waals surface area contributed by atoms with Gasteiger partial charge in [0.25, 0.3) is 0 Å². The van der Waals surface area contributed by atoms with E-state index in [4.69, 9.17) is 0 Å². The largest absolute Gasteiger partial charge is 0.287 e. The van der Waals surface area contributed by atoms with E-state index in [1.165, 1.54) is 0 Å². The highest BCUT2D eigenvalue weighted by molar-refractivity contribution is 7.16. The minimum absolute atomic E-state index is 0.892. The normalized spacial score (nSPS) is 11.1. The molecule has 80 valence electrons. The van der Waals surface area contributed by atoms with Crippen molar-refractivity contribution in [2.45, 2.75) is 13.3 Å². The SMILES string of the molecule is CCc1nccn1-c1ncnc2sccc12. The van der Waals surface area contributed by atoms with Gasteiger partial charge in [0, 0.05) is 18.8 Å². The first-order valence-corrected chi connectivity index (χ1v) is 5.99. The van der Waals surface area contributed by atoms with Crippen LogP contribution in [-0.2, 0) is 6.42 Å². The van der Waals surface area contributed by atoms with E-state index in [2.05, 4.69) is 27.9 Å². The van der Waals surface area contributed by atoms with Gasteiger partial charge in [-0.1, -0.05) is 6.92 Å². The Morgan fingerprint density at radius 1 is 1.31 bits per heavy atom. The molecule has 4 nitrogen and oxygen atoms in total. The van der Waals surface area contributed by atoms with Crippen LogP contribution in [0.4, 0.5) is 0 Å². The molecule has 0 aliphatic heterocycles. The quantitative estimate of drug-likeness (QED) is 0.679. The average Bonchev–Trinajstić information content (AvgIpc) is 2.96. The standard InChI is InChI=1S/C11H10N4S/c1-2-9-12-4-5-15(9)10-8-3-6-16-11(8)14-7-13-10/h3-7H,2H2,1H3. The first-order chi connectivity index (χ1) is 7.90. The summed E-state index contributed by atoms with van der Waals surface area (Å²) in [5, 5.41) is 3.12. The van der Waals surface area contributed by atoms with Crippen molar-refractivity contribution >= 4 is 21.6 Å². The van der Waals surface area contributed by atoms with Crippen LogP contribution >= 0.6 is 11.3 Å². The summed E-state index contributed by atoms with van der Waals surface area (Å²) in [7, 11) is 0. The highest BCUT2D eigenvalue weighted by Gasteiger charge is 2.09. The van der Waals surface area contributed by atoms with Gasteiger partial charge in [-0.05, 0) is 11.4 Å². The predicted octanol–water partition coefficient (Wildman–Crippen LogP) is 2.44. The molecule has 0 fully saturated rings. The molecule has 0 saturated carbocycles. The topological polar surface area (TPSA) is 43.6 Å². The molecule has 0 unspecified atom stereocenters. The van der Waals surface area contributed by atoms with Crippen molar-refractivity contribution in [1.82, 2.24) is 19.5 Å². The lowest BCUT2D eigenvalue weighted by Gasteiger charge is -2.05. The number of imidazole rings is 1. The van der Waals surface area contributed by atoms with Gasteiger partial charge in [0.05, 0.1) is 5.39 Å². The van der Waals surface area contributed by atoms with Crippen LogP contribution in [0, 0.1) is 0 Å². The zero-order valence-electron chi connectivity index (χ0n) is 8.79. The molecule has 0 saturated heterocycles. The Kier molecular flexibility index (Phi) is 2.18. The fraction of sp³-hybridized carbons (Fsp3) is 0.182. The number of aromatic nitrogens is 4. The van der Waals surface area contributed by atoms with Gasteiger partial charge in [0.15, 0.2) is 0 Å². The molecule has 0 aliphatic rings. The van der Waals surface area contributed by atoms with Gasteiger partial charge in [0.1, 0.15) is 22.8 Å². The van der Waals surface area contributed by atoms with Gasteiger partial charge >= 0.3 is 0 Å². The van der Waals surface area contributed by atoms with E-state index in [9.17, 15) is 0 Å². The van der Waals surface area contributed by atoms with Crippen molar-refractivity contribution in [3.05, 3.63) is 36.0 Å². The molecule has 0 radical (unpaired) electrons. The second-order valence-corrected chi connectivity index (χ2v) is 4.30. The molecule has 3 aromatic heterocycles. The third-order valence-electron chi connectivity index (χ3n) is 2.50. The van der Waals surface area contributed by atoms with Gasteiger partial charge in [-0.15, -0.1) is 11.3 Å². The summed E-state index contributed by atoms with van der Waals surface area (Å²) in [5.74, 6) is 1.94. The number of fused-ring (bicyclic) bond motifs is 1. The summed E-state index contributed by atoms with van der Waals surface area (Å²) in [4.78, 5) is 13.9. The van der Waals surface area contributed by atoms with Crippen LogP contribution in [0.25, 0.3) is 16.0 Å². The Balaban J connectivity index is 2.29. The van der Waals surface area contributed by atoms with Crippen LogP contribution in [0.3, 0.4) is 0 Å².